The van der Waals surface area contributed by atoms with E-state index >= 15 is 0 Å². The van der Waals surface area contributed by atoms with E-state index in [4.69, 9.17) is 0 Å². The maximum Gasteiger partial charge on any atom is 0.208 e. The summed E-state index contributed by atoms with van der Waals surface area (Å²) in [7, 11) is -3.07. The first-order valence-corrected chi connectivity index (χ1v) is 9.03. The summed E-state index contributed by atoms with van der Waals surface area (Å²) in [5, 5.41) is 3.57. The van der Waals surface area contributed by atoms with Gasteiger partial charge in [0, 0.05) is 12.6 Å². The second-order valence-corrected chi connectivity index (χ2v) is 7.67. The van der Waals surface area contributed by atoms with E-state index in [2.05, 4.69) is 42.1 Å². The van der Waals surface area contributed by atoms with Crippen LogP contribution in [0, 0.1) is 12.8 Å². The van der Waals surface area contributed by atoms with E-state index in [-0.39, 0.29) is 0 Å². The normalized spacial score (nSPS) is 21.9. The number of fused-ring (bicyclic) bond motifs is 1. The van der Waals surface area contributed by atoms with Crippen molar-refractivity contribution in [2.75, 3.05) is 19.3 Å². The lowest BCUT2D eigenvalue weighted by Gasteiger charge is -2.19. The maximum absolute atomic E-state index is 11.0. The average molecular weight is 296 g/mol. The van der Waals surface area contributed by atoms with Crippen LogP contribution >= 0.6 is 0 Å². The predicted molar refractivity (Wildman–Crippen MR) is 82.3 cm³/mol. The van der Waals surface area contributed by atoms with Gasteiger partial charge in [0.2, 0.25) is 10.0 Å². The molecule has 1 aliphatic carbocycles. The van der Waals surface area contributed by atoms with E-state index in [0.717, 1.165) is 19.4 Å². The second kappa shape index (κ2) is 6.24. The first-order valence-electron chi connectivity index (χ1n) is 7.14. The number of benzene rings is 1. The summed E-state index contributed by atoms with van der Waals surface area (Å²) in [6, 6.07) is 7.06. The number of nitrogens with one attached hydrogen (secondary N) is 2. The van der Waals surface area contributed by atoms with Crippen LogP contribution < -0.4 is 10.0 Å². The smallest absolute Gasteiger partial charge is 0.208 e. The fraction of sp³-hybridized carbons (Fsp3) is 0.600. The third kappa shape index (κ3) is 4.04. The third-order valence-corrected chi connectivity index (χ3v) is 4.56. The molecule has 0 saturated heterocycles. The summed E-state index contributed by atoms with van der Waals surface area (Å²) in [4.78, 5) is 0. The van der Waals surface area contributed by atoms with Crippen LogP contribution in [0.15, 0.2) is 18.2 Å². The molecule has 1 aromatic carbocycles. The van der Waals surface area contributed by atoms with Gasteiger partial charge in [-0.15, -0.1) is 0 Å². The van der Waals surface area contributed by atoms with Gasteiger partial charge in [-0.1, -0.05) is 30.7 Å². The fourth-order valence-corrected chi connectivity index (χ4v) is 3.39. The molecular formula is C15H24N2O2S. The van der Waals surface area contributed by atoms with Crippen molar-refractivity contribution in [1.29, 1.82) is 0 Å². The van der Waals surface area contributed by atoms with Crippen LogP contribution in [0.4, 0.5) is 0 Å². The van der Waals surface area contributed by atoms with Gasteiger partial charge in [-0.25, -0.2) is 13.1 Å². The van der Waals surface area contributed by atoms with E-state index in [1.165, 1.54) is 22.9 Å². The lowest BCUT2D eigenvalue weighted by molar-refractivity contribution is 0.414. The number of sulfonamides is 1. The van der Waals surface area contributed by atoms with E-state index in [0.29, 0.717) is 18.5 Å². The van der Waals surface area contributed by atoms with E-state index < -0.39 is 10.0 Å². The Kier molecular flexibility index (Phi) is 4.83. The van der Waals surface area contributed by atoms with Crippen molar-refractivity contribution in [3.63, 3.8) is 0 Å². The topological polar surface area (TPSA) is 58.2 Å². The molecule has 2 rings (SSSR count). The van der Waals surface area contributed by atoms with E-state index in [9.17, 15) is 8.42 Å². The molecule has 0 amide bonds. The Morgan fingerprint density at radius 1 is 1.30 bits per heavy atom. The lowest BCUT2D eigenvalue weighted by Crippen LogP contribution is -2.29. The molecule has 5 heteroatoms. The number of hydrogen-bond donors (Lipinski definition) is 2. The van der Waals surface area contributed by atoms with Crippen LogP contribution in [-0.4, -0.2) is 27.8 Å². The molecule has 2 N–H and O–H groups in total. The van der Waals surface area contributed by atoms with Gasteiger partial charge >= 0.3 is 0 Å². The van der Waals surface area contributed by atoms with Crippen LogP contribution in [0.1, 0.15) is 36.1 Å². The highest BCUT2D eigenvalue weighted by atomic mass is 32.2. The summed E-state index contributed by atoms with van der Waals surface area (Å²) in [6.45, 7) is 5.70. The molecule has 112 valence electrons. The minimum atomic E-state index is -3.07. The first kappa shape index (κ1) is 15.5. The van der Waals surface area contributed by atoms with Gasteiger partial charge < -0.3 is 5.32 Å². The van der Waals surface area contributed by atoms with Crippen molar-refractivity contribution in [1.82, 2.24) is 10.0 Å². The number of aryl methyl sites for hydroxylation is 1. The number of rotatable bonds is 6. The van der Waals surface area contributed by atoms with Crippen LogP contribution in [-0.2, 0) is 16.4 Å². The molecule has 20 heavy (non-hydrogen) atoms. The van der Waals surface area contributed by atoms with Gasteiger partial charge in [0.15, 0.2) is 0 Å². The van der Waals surface area contributed by atoms with E-state index in [1.807, 2.05) is 0 Å². The van der Waals surface area contributed by atoms with Gasteiger partial charge in [-0.05, 0) is 43.4 Å². The molecule has 2 atom stereocenters. The summed E-state index contributed by atoms with van der Waals surface area (Å²) in [5.41, 5.74) is 4.15. The molecule has 0 radical (unpaired) electrons. The number of hydrogen-bond acceptors (Lipinski definition) is 3. The van der Waals surface area contributed by atoms with Gasteiger partial charge in [0.1, 0.15) is 0 Å². The monoisotopic (exact) mass is 296 g/mol. The largest absolute Gasteiger partial charge is 0.310 e. The Labute approximate surface area is 122 Å². The molecule has 0 heterocycles. The molecule has 1 aliphatic rings. The van der Waals surface area contributed by atoms with Gasteiger partial charge in [0.05, 0.1) is 6.26 Å². The Balaban J connectivity index is 1.86. The molecule has 1 aromatic rings. The highest BCUT2D eigenvalue weighted by Gasteiger charge is 2.28. The fourth-order valence-electron chi connectivity index (χ4n) is 2.88. The third-order valence-electron chi connectivity index (χ3n) is 3.83. The highest BCUT2D eigenvalue weighted by Crippen LogP contribution is 2.36. The van der Waals surface area contributed by atoms with Crippen molar-refractivity contribution in [2.24, 2.45) is 5.92 Å². The van der Waals surface area contributed by atoms with Gasteiger partial charge in [0.25, 0.3) is 0 Å². The molecule has 0 bridgehead atoms. The summed E-state index contributed by atoms with van der Waals surface area (Å²) < 4.78 is 24.5. The summed E-state index contributed by atoms with van der Waals surface area (Å²) in [5.74, 6) is 0.592. The first-order chi connectivity index (χ1) is 9.37. The van der Waals surface area contributed by atoms with Crippen molar-refractivity contribution in [2.45, 2.75) is 32.7 Å². The average Bonchev–Trinajstić information content (AvgIpc) is 2.64. The molecule has 0 aliphatic heterocycles. The molecule has 0 spiro atoms. The molecule has 0 saturated carbocycles. The lowest BCUT2D eigenvalue weighted by atomic mass is 10.0. The standard InChI is InChI=1S/C15H24N2O2S/c1-11-5-6-13-10-12(2)15(14(13)9-11)16-7-4-8-17-20(3,18)19/h5-6,9,12,15-17H,4,7-8,10H2,1-3H3/t12-,15+/m0/s1. The zero-order chi connectivity index (χ0) is 14.8. The Morgan fingerprint density at radius 2 is 2.05 bits per heavy atom. The van der Waals surface area contributed by atoms with Crippen molar-refractivity contribution in [3.05, 3.63) is 34.9 Å². The minimum absolute atomic E-state index is 0.392. The molecule has 0 fully saturated rings. The Hall–Kier alpha value is -0.910. The van der Waals surface area contributed by atoms with Gasteiger partial charge in [-0.3, -0.25) is 0 Å². The predicted octanol–water partition coefficient (Wildman–Crippen LogP) is 1.76. The molecule has 0 unspecified atom stereocenters. The summed E-state index contributed by atoms with van der Waals surface area (Å²) in [6.07, 6.45) is 3.12. The Bertz CT molecular complexity index is 569. The SMILES string of the molecule is Cc1ccc2c(c1)[C@H](NCCCNS(C)(=O)=O)[C@@H](C)C2. The van der Waals surface area contributed by atoms with Crippen molar-refractivity contribution < 1.29 is 8.42 Å². The van der Waals surface area contributed by atoms with Gasteiger partial charge in [-0.2, -0.15) is 0 Å². The van der Waals surface area contributed by atoms with Crippen LogP contribution in [0.25, 0.3) is 0 Å². The van der Waals surface area contributed by atoms with E-state index in [1.54, 1.807) is 0 Å². The van der Waals surface area contributed by atoms with Crippen LogP contribution in [0.2, 0.25) is 0 Å². The maximum atomic E-state index is 11.0. The van der Waals surface area contributed by atoms with Crippen molar-refractivity contribution in [3.8, 4) is 0 Å². The minimum Gasteiger partial charge on any atom is -0.310 e. The van der Waals surface area contributed by atoms with Crippen LogP contribution in [0.3, 0.4) is 0 Å². The second-order valence-electron chi connectivity index (χ2n) is 5.84. The zero-order valence-corrected chi connectivity index (χ0v) is 13.3. The quantitative estimate of drug-likeness (QED) is 0.786. The molecule has 4 nitrogen and oxygen atoms in total. The van der Waals surface area contributed by atoms with Crippen LogP contribution in [0.5, 0.6) is 0 Å². The Morgan fingerprint density at radius 3 is 2.75 bits per heavy atom. The summed E-state index contributed by atoms with van der Waals surface area (Å²) >= 11 is 0. The highest BCUT2D eigenvalue weighted by molar-refractivity contribution is 7.88. The zero-order valence-electron chi connectivity index (χ0n) is 12.4. The molecule has 0 aromatic heterocycles. The van der Waals surface area contributed by atoms with Crippen molar-refractivity contribution >= 4 is 10.0 Å². The molecular weight excluding hydrogens is 272 g/mol.